The minimum Gasteiger partial charge on any atom is -0.507 e. The monoisotopic (exact) mass is 358 g/mol. The Morgan fingerprint density at radius 1 is 1.19 bits per heavy atom. The quantitative estimate of drug-likeness (QED) is 0.504. The lowest BCUT2D eigenvalue weighted by Crippen LogP contribution is -2.29. The van der Waals surface area contributed by atoms with Crippen LogP contribution in [0.2, 0.25) is 0 Å². The third-order valence-electron chi connectivity index (χ3n) is 6.31. The normalized spacial score (nSPS) is 22.2. The van der Waals surface area contributed by atoms with E-state index < -0.39 is 0 Å². The number of hydrogen-bond donors (Lipinski definition) is 2. The molecule has 0 amide bonds. The van der Waals surface area contributed by atoms with Gasteiger partial charge < -0.3 is 14.9 Å². The molecule has 1 aromatic carbocycles. The molecule has 0 fully saturated rings. The molecule has 1 aliphatic carbocycles. The minimum atomic E-state index is 0.0269. The van der Waals surface area contributed by atoms with Crippen LogP contribution >= 0.6 is 0 Å². The average Bonchev–Trinajstić information content (AvgIpc) is 2.64. The maximum absolute atomic E-state index is 10.8. The van der Waals surface area contributed by atoms with Crippen molar-refractivity contribution in [3.8, 4) is 11.5 Å². The SMILES string of the molecule is CCCCCCC(C)(C)c1cc(O)c2c(c1)OC[C@@H]1CCC(CO)=C[C@H]21. The van der Waals surface area contributed by atoms with Gasteiger partial charge in [0, 0.05) is 17.4 Å². The molecule has 0 unspecified atom stereocenters. The molecule has 2 aliphatic rings. The van der Waals surface area contributed by atoms with Crippen LogP contribution in [0.4, 0.5) is 0 Å². The maximum Gasteiger partial charge on any atom is 0.127 e. The number of unbranched alkanes of at least 4 members (excludes halogenated alkanes) is 3. The molecule has 0 saturated carbocycles. The molecule has 1 heterocycles. The largest absolute Gasteiger partial charge is 0.507 e. The van der Waals surface area contributed by atoms with E-state index in [1.54, 1.807) is 0 Å². The van der Waals surface area contributed by atoms with Crippen LogP contribution in [-0.2, 0) is 5.41 Å². The highest BCUT2D eigenvalue weighted by molar-refractivity contribution is 5.54. The summed E-state index contributed by atoms with van der Waals surface area (Å²) in [4.78, 5) is 0. The second-order valence-electron chi connectivity index (χ2n) is 8.72. The van der Waals surface area contributed by atoms with Gasteiger partial charge in [-0.2, -0.15) is 0 Å². The molecule has 0 aromatic heterocycles. The second kappa shape index (κ2) is 8.04. The van der Waals surface area contributed by atoms with Crippen LogP contribution in [0.3, 0.4) is 0 Å². The summed E-state index contributed by atoms with van der Waals surface area (Å²) in [6.07, 6.45) is 10.2. The van der Waals surface area contributed by atoms with Gasteiger partial charge in [0.15, 0.2) is 0 Å². The van der Waals surface area contributed by atoms with Crippen LogP contribution in [-0.4, -0.2) is 23.4 Å². The number of aliphatic hydroxyl groups is 1. The molecule has 2 atom stereocenters. The molecule has 26 heavy (non-hydrogen) atoms. The van der Waals surface area contributed by atoms with E-state index in [0.717, 1.165) is 41.7 Å². The number of aliphatic hydroxyl groups excluding tert-OH is 1. The Morgan fingerprint density at radius 2 is 2.00 bits per heavy atom. The van der Waals surface area contributed by atoms with E-state index in [0.29, 0.717) is 18.3 Å². The van der Waals surface area contributed by atoms with Gasteiger partial charge in [0.2, 0.25) is 0 Å². The molecule has 0 saturated heterocycles. The van der Waals surface area contributed by atoms with E-state index >= 15 is 0 Å². The Hall–Kier alpha value is -1.48. The van der Waals surface area contributed by atoms with Crippen molar-refractivity contribution in [1.82, 2.24) is 0 Å². The topological polar surface area (TPSA) is 49.7 Å². The predicted octanol–water partition coefficient (Wildman–Crippen LogP) is 5.44. The lowest BCUT2D eigenvalue weighted by Gasteiger charge is -2.37. The molecule has 3 nitrogen and oxygen atoms in total. The van der Waals surface area contributed by atoms with Gasteiger partial charge >= 0.3 is 0 Å². The number of phenolic OH excluding ortho intramolecular Hbond substituents is 1. The summed E-state index contributed by atoms with van der Waals surface area (Å²) in [5.41, 5.74) is 3.18. The molecule has 0 spiro atoms. The summed E-state index contributed by atoms with van der Waals surface area (Å²) in [7, 11) is 0. The van der Waals surface area contributed by atoms with Crippen LogP contribution in [0.1, 0.15) is 82.8 Å². The van der Waals surface area contributed by atoms with Crippen LogP contribution in [0.15, 0.2) is 23.8 Å². The van der Waals surface area contributed by atoms with Gasteiger partial charge in [0.05, 0.1) is 13.2 Å². The highest BCUT2D eigenvalue weighted by Crippen LogP contribution is 2.49. The van der Waals surface area contributed by atoms with E-state index in [9.17, 15) is 10.2 Å². The Balaban J connectivity index is 1.86. The highest BCUT2D eigenvalue weighted by atomic mass is 16.5. The van der Waals surface area contributed by atoms with E-state index in [1.807, 2.05) is 6.07 Å². The molecular formula is C23H34O3. The number of ether oxygens (including phenoxy) is 1. The number of aromatic hydroxyl groups is 1. The summed E-state index contributed by atoms with van der Waals surface area (Å²) in [5, 5.41) is 20.3. The smallest absolute Gasteiger partial charge is 0.127 e. The number of hydrogen-bond acceptors (Lipinski definition) is 3. The van der Waals surface area contributed by atoms with E-state index in [1.165, 1.54) is 25.7 Å². The van der Waals surface area contributed by atoms with Crippen LogP contribution in [0, 0.1) is 5.92 Å². The molecule has 1 aliphatic heterocycles. The third-order valence-corrected chi connectivity index (χ3v) is 6.31. The average molecular weight is 359 g/mol. The lowest BCUT2D eigenvalue weighted by molar-refractivity contribution is 0.187. The minimum absolute atomic E-state index is 0.0269. The number of phenols is 1. The first-order valence-electron chi connectivity index (χ1n) is 10.3. The first-order chi connectivity index (χ1) is 12.5. The summed E-state index contributed by atoms with van der Waals surface area (Å²) in [6, 6.07) is 4.09. The molecular weight excluding hydrogens is 324 g/mol. The number of rotatable bonds is 7. The molecule has 2 N–H and O–H groups in total. The van der Waals surface area contributed by atoms with Crippen molar-refractivity contribution >= 4 is 0 Å². The van der Waals surface area contributed by atoms with Crippen molar-refractivity contribution in [2.45, 2.75) is 77.0 Å². The predicted molar refractivity (Wildman–Crippen MR) is 106 cm³/mol. The standard InChI is InChI=1S/C23H34O3/c1-4-5-6-7-10-23(2,3)18-12-20(25)22-19-11-16(14-24)8-9-17(19)15-26-21(22)13-18/h11-13,17,19,24-25H,4-10,14-15H2,1-3H3/t17-,19-/m0/s1. The molecule has 3 heteroatoms. The fourth-order valence-corrected chi connectivity index (χ4v) is 4.45. The van der Waals surface area contributed by atoms with Crippen molar-refractivity contribution in [3.05, 3.63) is 34.9 Å². The fraction of sp³-hybridized carbons (Fsp3) is 0.652. The zero-order valence-electron chi connectivity index (χ0n) is 16.6. The van der Waals surface area contributed by atoms with Gasteiger partial charge in [-0.3, -0.25) is 0 Å². The van der Waals surface area contributed by atoms with Crippen molar-refractivity contribution in [1.29, 1.82) is 0 Å². The molecule has 3 rings (SSSR count). The van der Waals surface area contributed by atoms with Crippen LogP contribution in [0.25, 0.3) is 0 Å². The van der Waals surface area contributed by atoms with Crippen molar-refractivity contribution < 1.29 is 14.9 Å². The molecule has 144 valence electrons. The van der Waals surface area contributed by atoms with E-state index in [-0.39, 0.29) is 17.9 Å². The van der Waals surface area contributed by atoms with Crippen molar-refractivity contribution in [3.63, 3.8) is 0 Å². The Bertz CT molecular complexity index is 660. The molecule has 0 bridgehead atoms. The zero-order chi connectivity index (χ0) is 18.7. The Kier molecular flexibility index (Phi) is 5.96. The summed E-state index contributed by atoms with van der Waals surface area (Å²) in [6.45, 7) is 7.57. The fourth-order valence-electron chi connectivity index (χ4n) is 4.45. The van der Waals surface area contributed by atoms with Gasteiger partial charge in [0.1, 0.15) is 11.5 Å². The number of fused-ring (bicyclic) bond motifs is 3. The third kappa shape index (κ3) is 3.93. The lowest BCUT2D eigenvalue weighted by atomic mass is 9.73. The summed E-state index contributed by atoms with van der Waals surface area (Å²) < 4.78 is 6.07. The van der Waals surface area contributed by atoms with E-state index in [2.05, 4.69) is 32.9 Å². The maximum atomic E-state index is 10.8. The van der Waals surface area contributed by atoms with Crippen molar-refractivity contribution in [2.24, 2.45) is 5.92 Å². The number of benzene rings is 1. The van der Waals surface area contributed by atoms with Gasteiger partial charge in [-0.05, 0) is 47.9 Å². The Morgan fingerprint density at radius 3 is 2.73 bits per heavy atom. The molecule has 0 radical (unpaired) electrons. The first kappa shape index (κ1) is 19.3. The second-order valence-corrected chi connectivity index (χ2v) is 8.72. The summed E-state index contributed by atoms with van der Waals surface area (Å²) in [5.74, 6) is 1.75. The molecule has 1 aromatic rings. The van der Waals surface area contributed by atoms with Gasteiger partial charge in [-0.25, -0.2) is 0 Å². The number of allylic oxidation sites excluding steroid dienone is 1. The first-order valence-corrected chi connectivity index (χ1v) is 10.3. The van der Waals surface area contributed by atoms with Gasteiger partial charge in [0.25, 0.3) is 0 Å². The van der Waals surface area contributed by atoms with E-state index in [4.69, 9.17) is 4.74 Å². The Labute approximate surface area is 158 Å². The highest BCUT2D eigenvalue weighted by Gasteiger charge is 2.35. The van der Waals surface area contributed by atoms with Crippen molar-refractivity contribution in [2.75, 3.05) is 13.2 Å². The van der Waals surface area contributed by atoms with Gasteiger partial charge in [-0.15, -0.1) is 0 Å². The van der Waals surface area contributed by atoms with Crippen LogP contribution in [0.5, 0.6) is 11.5 Å². The van der Waals surface area contributed by atoms with Gasteiger partial charge in [-0.1, -0.05) is 52.5 Å². The van der Waals surface area contributed by atoms with Crippen LogP contribution < -0.4 is 4.74 Å². The zero-order valence-corrected chi connectivity index (χ0v) is 16.6. The summed E-state index contributed by atoms with van der Waals surface area (Å²) >= 11 is 0.